The average Bonchev–Trinajstić information content (AvgIpc) is 3.22. The fraction of sp³-hybridized carbons (Fsp3) is 0.308. The summed E-state index contributed by atoms with van der Waals surface area (Å²) in [6.07, 6.45) is -1.71. The highest BCUT2D eigenvalue weighted by atomic mass is 35.5. The number of carboxylic acids is 1. The number of hydrogen-bond donors (Lipinski definition) is 2. The molecule has 0 bridgehead atoms. The quantitative estimate of drug-likeness (QED) is 0.816. The molecule has 2 aromatic heterocycles. The van der Waals surface area contributed by atoms with Gasteiger partial charge in [-0.3, -0.25) is 9.89 Å². The Bertz CT molecular complexity index is 766. The molecule has 0 aliphatic heterocycles. The van der Waals surface area contributed by atoms with Crippen molar-refractivity contribution in [3.63, 3.8) is 0 Å². The SMILES string of the molecule is FC(F)(F)C1CC1.O=C(O)c1ccc(-n2ccc(=O)[nH]2)nc1Cl. The Labute approximate surface area is 132 Å². The topological polar surface area (TPSA) is 88.0 Å². The van der Waals surface area contributed by atoms with E-state index in [0.717, 1.165) is 0 Å². The molecule has 2 heterocycles. The first kappa shape index (κ1) is 17.1. The molecule has 0 unspecified atom stereocenters. The molecular formula is C13H11ClF3N3O3. The average molecular weight is 350 g/mol. The van der Waals surface area contributed by atoms with Gasteiger partial charge >= 0.3 is 12.1 Å². The molecule has 0 spiro atoms. The Kier molecular flexibility index (Phi) is 4.79. The highest BCUT2D eigenvalue weighted by Gasteiger charge is 2.46. The minimum absolute atomic E-state index is 0.0834. The van der Waals surface area contributed by atoms with Crippen LogP contribution in [-0.2, 0) is 0 Å². The van der Waals surface area contributed by atoms with Crippen LogP contribution in [0.1, 0.15) is 23.2 Å². The Hall–Kier alpha value is -2.29. The molecule has 2 N–H and O–H groups in total. The van der Waals surface area contributed by atoms with E-state index in [1.165, 1.54) is 29.1 Å². The van der Waals surface area contributed by atoms with Gasteiger partial charge in [0.25, 0.3) is 5.56 Å². The number of nitrogens with one attached hydrogen (secondary N) is 1. The van der Waals surface area contributed by atoms with E-state index in [4.69, 9.17) is 16.7 Å². The summed E-state index contributed by atoms with van der Waals surface area (Å²) in [7, 11) is 0. The van der Waals surface area contributed by atoms with E-state index in [-0.39, 0.29) is 16.3 Å². The molecule has 124 valence electrons. The molecule has 1 saturated carbocycles. The summed E-state index contributed by atoms with van der Waals surface area (Å²) in [6, 6.07) is 4.09. The molecule has 0 aromatic carbocycles. The van der Waals surface area contributed by atoms with Crippen LogP contribution < -0.4 is 5.56 Å². The zero-order valence-electron chi connectivity index (χ0n) is 11.5. The van der Waals surface area contributed by atoms with Gasteiger partial charge in [0, 0.05) is 12.3 Å². The Morgan fingerprint density at radius 3 is 2.35 bits per heavy atom. The second kappa shape index (κ2) is 6.45. The third-order valence-corrected chi connectivity index (χ3v) is 3.25. The van der Waals surface area contributed by atoms with Crippen molar-refractivity contribution in [2.45, 2.75) is 19.0 Å². The van der Waals surface area contributed by atoms with Crippen LogP contribution >= 0.6 is 11.6 Å². The third-order valence-electron chi connectivity index (χ3n) is 2.96. The number of pyridine rings is 1. The van der Waals surface area contributed by atoms with Gasteiger partial charge in [0.15, 0.2) is 5.82 Å². The molecule has 1 aliphatic carbocycles. The van der Waals surface area contributed by atoms with Crippen molar-refractivity contribution >= 4 is 17.6 Å². The summed E-state index contributed by atoms with van der Waals surface area (Å²) in [4.78, 5) is 25.4. The maximum Gasteiger partial charge on any atom is 0.391 e. The summed E-state index contributed by atoms with van der Waals surface area (Å²) in [5, 5.41) is 11.1. The van der Waals surface area contributed by atoms with Crippen molar-refractivity contribution in [2.24, 2.45) is 5.92 Å². The van der Waals surface area contributed by atoms with Crippen molar-refractivity contribution in [3.8, 4) is 5.82 Å². The van der Waals surface area contributed by atoms with Gasteiger partial charge < -0.3 is 5.11 Å². The second-order valence-corrected chi connectivity index (χ2v) is 5.15. The molecule has 0 saturated heterocycles. The fourth-order valence-corrected chi connectivity index (χ4v) is 1.83. The summed E-state index contributed by atoms with van der Waals surface area (Å²) in [5.41, 5.74) is -0.361. The molecule has 6 nitrogen and oxygen atoms in total. The molecular weight excluding hydrogens is 339 g/mol. The van der Waals surface area contributed by atoms with Crippen LogP contribution in [0.3, 0.4) is 0 Å². The van der Waals surface area contributed by atoms with Crippen molar-refractivity contribution in [1.29, 1.82) is 0 Å². The van der Waals surface area contributed by atoms with E-state index in [2.05, 4.69) is 10.1 Å². The largest absolute Gasteiger partial charge is 0.478 e. The summed E-state index contributed by atoms with van der Waals surface area (Å²) in [6.45, 7) is 0. The molecule has 1 aliphatic rings. The third kappa shape index (κ3) is 4.59. The first-order valence-electron chi connectivity index (χ1n) is 6.43. The lowest BCUT2D eigenvalue weighted by atomic mass is 10.3. The second-order valence-electron chi connectivity index (χ2n) is 4.79. The van der Waals surface area contributed by atoms with Gasteiger partial charge in [-0.05, 0) is 25.0 Å². The van der Waals surface area contributed by atoms with Crippen molar-refractivity contribution in [1.82, 2.24) is 14.8 Å². The predicted octanol–water partition coefficient (Wildman–Crippen LogP) is 2.87. The summed E-state index contributed by atoms with van der Waals surface area (Å²) < 4.78 is 35.1. The Morgan fingerprint density at radius 2 is 2.00 bits per heavy atom. The minimum atomic E-state index is -3.89. The molecule has 0 atom stereocenters. The van der Waals surface area contributed by atoms with Crippen LogP contribution in [0.15, 0.2) is 29.2 Å². The van der Waals surface area contributed by atoms with Gasteiger partial charge in [0.05, 0.1) is 11.5 Å². The molecule has 0 amide bonds. The minimum Gasteiger partial charge on any atom is -0.478 e. The van der Waals surface area contributed by atoms with Gasteiger partial charge in [-0.15, -0.1) is 0 Å². The Balaban J connectivity index is 0.000000229. The van der Waals surface area contributed by atoms with Crippen molar-refractivity contribution < 1.29 is 23.1 Å². The van der Waals surface area contributed by atoms with Crippen molar-refractivity contribution in [2.75, 3.05) is 0 Å². The maximum absolute atomic E-state index is 11.2. The van der Waals surface area contributed by atoms with E-state index >= 15 is 0 Å². The van der Waals surface area contributed by atoms with Crippen LogP contribution in [0.25, 0.3) is 5.82 Å². The lowest BCUT2D eigenvalue weighted by Gasteiger charge is -2.03. The highest BCUT2D eigenvalue weighted by molar-refractivity contribution is 6.32. The van der Waals surface area contributed by atoms with Gasteiger partial charge in [0.1, 0.15) is 5.15 Å². The number of carbonyl (C=O) groups is 1. The number of halogens is 4. The smallest absolute Gasteiger partial charge is 0.391 e. The van der Waals surface area contributed by atoms with Gasteiger partial charge in [-0.2, -0.15) is 13.2 Å². The molecule has 1 fully saturated rings. The van der Waals surface area contributed by atoms with Crippen LogP contribution in [0.2, 0.25) is 5.15 Å². The number of aromatic nitrogens is 3. The summed E-state index contributed by atoms with van der Waals surface area (Å²) >= 11 is 5.68. The standard InChI is InChI=1S/C9H6ClN3O3.C4H5F3/c10-8-5(9(15)16)1-2-6(11-8)13-4-3-7(14)12-13;5-4(6,7)3-1-2-3/h1-4H,(H,12,14)(H,15,16);3H,1-2H2. The van der Waals surface area contributed by atoms with Crippen LogP contribution in [-0.4, -0.2) is 32.0 Å². The van der Waals surface area contributed by atoms with Crippen LogP contribution in [0.4, 0.5) is 13.2 Å². The number of hydrogen-bond acceptors (Lipinski definition) is 3. The van der Waals surface area contributed by atoms with E-state index in [0.29, 0.717) is 18.7 Å². The first-order valence-corrected chi connectivity index (χ1v) is 6.81. The number of alkyl halides is 3. The lowest BCUT2D eigenvalue weighted by Crippen LogP contribution is -2.08. The Morgan fingerprint density at radius 1 is 1.35 bits per heavy atom. The molecule has 0 radical (unpaired) electrons. The number of carboxylic acid groups (broad SMARTS) is 1. The highest BCUT2D eigenvalue weighted by Crippen LogP contribution is 2.43. The number of aromatic amines is 1. The van der Waals surface area contributed by atoms with Gasteiger partial charge in [0.2, 0.25) is 0 Å². The maximum atomic E-state index is 11.2. The monoisotopic (exact) mass is 349 g/mol. The van der Waals surface area contributed by atoms with E-state index in [1.54, 1.807) is 0 Å². The number of aromatic carboxylic acids is 1. The van der Waals surface area contributed by atoms with Gasteiger partial charge in [-0.25, -0.2) is 14.5 Å². The van der Waals surface area contributed by atoms with Crippen LogP contribution in [0.5, 0.6) is 0 Å². The fourth-order valence-electron chi connectivity index (χ4n) is 1.60. The van der Waals surface area contributed by atoms with Gasteiger partial charge in [-0.1, -0.05) is 11.6 Å². The molecule has 2 aromatic rings. The van der Waals surface area contributed by atoms with E-state index in [1.807, 2.05) is 0 Å². The zero-order valence-corrected chi connectivity index (χ0v) is 12.2. The zero-order chi connectivity index (χ0) is 17.2. The first-order chi connectivity index (χ1) is 10.7. The predicted molar refractivity (Wildman–Crippen MR) is 74.9 cm³/mol. The number of nitrogens with zero attached hydrogens (tertiary/aromatic N) is 2. The lowest BCUT2D eigenvalue weighted by molar-refractivity contribution is -0.147. The number of H-pyrrole nitrogens is 1. The normalized spacial score (nSPS) is 14.1. The molecule has 10 heteroatoms. The molecule has 23 heavy (non-hydrogen) atoms. The summed E-state index contributed by atoms with van der Waals surface area (Å²) in [5.74, 6) is -1.75. The number of rotatable bonds is 2. The van der Waals surface area contributed by atoms with E-state index < -0.39 is 18.1 Å². The molecule has 3 rings (SSSR count). The van der Waals surface area contributed by atoms with Crippen molar-refractivity contribution in [3.05, 3.63) is 45.5 Å². The van der Waals surface area contributed by atoms with E-state index in [9.17, 15) is 22.8 Å². The van der Waals surface area contributed by atoms with Crippen LogP contribution in [0, 0.1) is 5.92 Å².